The van der Waals surface area contributed by atoms with Gasteiger partial charge in [-0.25, -0.2) is 0 Å². The first kappa shape index (κ1) is 14.7. The van der Waals surface area contributed by atoms with Crippen molar-refractivity contribution in [1.29, 1.82) is 0 Å². The molecule has 0 fully saturated rings. The predicted octanol–water partition coefficient (Wildman–Crippen LogP) is 3.40. The average molecular weight is 273 g/mol. The molecule has 1 aromatic carbocycles. The van der Waals surface area contributed by atoms with Gasteiger partial charge in [0.25, 0.3) is 0 Å². The number of aromatic nitrogens is 2. The SMILES string of the molecule is CCCNCCc1nnc(-c2ccc(C(C)C)cc2)o1. The zero-order valence-electron chi connectivity index (χ0n) is 12.5. The Morgan fingerprint density at radius 2 is 1.85 bits per heavy atom. The summed E-state index contributed by atoms with van der Waals surface area (Å²) in [6, 6.07) is 8.32. The molecule has 4 nitrogen and oxygen atoms in total. The number of nitrogens with one attached hydrogen (secondary N) is 1. The Morgan fingerprint density at radius 1 is 1.10 bits per heavy atom. The van der Waals surface area contributed by atoms with Gasteiger partial charge in [-0.3, -0.25) is 0 Å². The third-order valence-corrected chi connectivity index (χ3v) is 3.23. The molecule has 0 amide bonds. The third-order valence-electron chi connectivity index (χ3n) is 3.23. The van der Waals surface area contributed by atoms with Crippen molar-refractivity contribution >= 4 is 0 Å². The first-order valence-corrected chi connectivity index (χ1v) is 7.34. The maximum Gasteiger partial charge on any atom is 0.247 e. The topological polar surface area (TPSA) is 51.0 Å². The second-order valence-corrected chi connectivity index (χ2v) is 5.28. The number of rotatable bonds is 7. The van der Waals surface area contributed by atoms with E-state index in [9.17, 15) is 0 Å². The molecular weight excluding hydrogens is 250 g/mol. The van der Waals surface area contributed by atoms with Gasteiger partial charge in [-0.15, -0.1) is 10.2 Å². The quantitative estimate of drug-likeness (QED) is 0.785. The molecule has 2 rings (SSSR count). The summed E-state index contributed by atoms with van der Waals surface area (Å²) in [4.78, 5) is 0. The normalized spacial score (nSPS) is 11.2. The van der Waals surface area contributed by atoms with Gasteiger partial charge in [0.15, 0.2) is 0 Å². The number of hydrogen-bond acceptors (Lipinski definition) is 4. The highest BCUT2D eigenvalue weighted by Crippen LogP contribution is 2.21. The van der Waals surface area contributed by atoms with Crippen LogP contribution in [0.2, 0.25) is 0 Å². The van der Waals surface area contributed by atoms with Crippen molar-refractivity contribution in [2.75, 3.05) is 13.1 Å². The van der Waals surface area contributed by atoms with E-state index in [1.54, 1.807) is 0 Å². The zero-order valence-corrected chi connectivity index (χ0v) is 12.5. The van der Waals surface area contributed by atoms with Gasteiger partial charge < -0.3 is 9.73 Å². The molecule has 0 bridgehead atoms. The Labute approximate surface area is 120 Å². The molecule has 0 saturated carbocycles. The van der Waals surface area contributed by atoms with E-state index in [1.165, 1.54) is 5.56 Å². The van der Waals surface area contributed by atoms with Crippen LogP contribution in [0.1, 0.15) is 44.6 Å². The van der Waals surface area contributed by atoms with Crippen LogP contribution < -0.4 is 5.32 Å². The van der Waals surface area contributed by atoms with Gasteiger partial charge in [0.2, 0.25) is 11.8 Å². The Bertz CT molecular complexity index is 517. The van der Waals surface area contributed by atoms with Crippen LogP contribution in [-0.2, 0) is 6.42 Å². The van der Waals surface area contributed by atoms with Gasteiger partial charge in [0.1, 0.15) is 0 Å². The van der Waals surface area contributed by atoms with Crippen molar-refractivity contribution in [2.24, 2.45) is 0 Å². The maximum atomic E-state index is 5.69. The fourth-order valence-electron chi connectivity index (χ4n) is 1.98. The predicted molar refractivity (Wildman–Crippen MR) is 80.7 cm³/mol. The lowest BCUT2D eigenvalue weighted by atomic mass is 10.0. The summed E-state index contributed by atoms with van der Waals surface area (Å²) in [5.41, 5.74) is 2.30. The molecule has 0 spiro atoms. The molecule has 0 aliphatic heterocycles. The molecule has 20 heavy (non-hydrogen) atoms. The molecule has 4 heteroatoms. The summed E-state index contributed by atoms with van der Waals surface area (Å²) >= 11 is 0. The van der Waals surface area contributed by atoms with Crippen LogP contribution in [0.4, 0.5) is 0 Å². The molecular formula is C16H23N3O. The number of benzene rings is 1. The molecule has 2 aromatic rings. The largest absolute Gasteiger partial charge is 0.421 e. The van der Waals surface area contributed by atoms with Gasteiger partial charge in [-0.1, -0.05) is 32.9 Å². The molecule has 1 heterocycles. The summed E-state index contributed by atoms with van der Waals surface area (Å²) in [6.07, 6.45) is 1.91. The van der Waals surface area contributed by atoms with Crippen LogP contribution in [-0.4, -0.2) is 23.3 Å². The molecule has 0 unspecified atom stereocenters. The van der Waals surface area contributed by atoms with Crippen LogP contribution >= 0.6 is 0 Å². The van der Waals surface area contributed by atoms with Crippen molar-refractivity contribution in [1.82, 2.24) is 15.5 Å². The minimum absolute atomic E-state index is 0.534. The van der Waals surface area contributed by atoms with E-state index in [0.29, 0.717) is 17.7 Å². The van der Waals surface area contributed by atoms with Crippen molar-refractivity contribution in [2.45, 2.75) is 39.5 Å². The highest BCUT2D eigenvalue weighted by atomic mass is 16.4. The van der Waals surface area contributed by atoms with Crippen LogP contribution in [0.5, 0.6) is 0 Å². The van der Waals surface area contributed by atoms with E-state index >= 15 is 0 Å². The van der Waals surface area contributed by atoms with Crippen molar-refractivity contribution in [3.63, 3.8) is 0 Å². The third kappa shape index (κ3) is 3.90. The van der Waals surface area contributed by atoms with E-state index in [4.69, 9.17) is 4.42 Å². The lowest BCUT2D eigenvalue weighted by Gasteiger charge is -2.04. The molecule has 0 saturated heterocycles. The molecule has 1 aromatic heterocycles. The van der Waals surface area contributed by atoms with Crippen molar-refractivity contribution in [3.05, 3.63) is 35.7 Å². The van der Waals surface area contributed by atoms with Crippen LogP contribution in [0.15, 0.2) is 28.7 Å². The molecule has 108 valence electrons. The van der Waals surface area contributed by atoms with Crippen LogP contribution in [0.3, 0.4) is 0 Å². The van der Waals surface area contributed by atoms with Gasteiger partial charge in [-0.2, -0.15) is 0 Å². The lowest BCUT2D eigenvalue weighted by molar-refractivity contribution is 0.494. The molecule has 0 aliphatic rings. The molecule has 0 atom stereocenters. The van der Waals surface area contributed by atoms with E-state index in [2.05, 4.69) is 48.4 Å². The highest BCUT2D eigenvalue weighted by molar-refractivity contribution is 5.53. The molecule has 0 radical (unpaired) electrons. The minimum atomic E-state index is 0.534. The van der Waals surface area contributed by atoms with E-state index in [1.807, 2.05) is 12.1 Å². The first-order chi connectivity index (χ1) is 9.70. The summed E-state index contributed by atoms with van der Waals surface area (Å²) in [5, 5.41) is 11.5. The smallest absolute Gasteiger partial charge is 0.247 e. The summed E-state index contributed by atoms with van der Waals surface area (Å²) in [5.74, 6) is 1.83. The van der Waals surface area contributed by atoms with Crippen molar-refractivity contribution in [3.8, 4) is 11.5 Å². The number of hydrogen-bond donors (Lipinski definition) is 1. The Hall–Kier alpha value is -1.68. The monoisotopic (exact) mass is 273 g/mol. The summed E-state index contributed by atoms with van der Waals surface area (Å²) in [7, 11) is 0. The average Bonchev–Trinajstić information content (AvgIpc) is 2.92. The Morgan fingerprint density at radius 3 is 2.50 bits per heavy atom. The van der Waals surface area contributed by atoms with E-state index in [0.717, 1.165) is 31.5 Å². The fraction of sp³-hybridized carbons (Fsp3) is 0.500. The van der Waals surface area contributed by atoms with Crippen molar-refractivity contribution < 1.29 is 4.42 Å². The van der Waals surface area contributed by atoms with Gasteiger partial charge in [0.05, 0.1) is 0 Å². The molecule has 1 N–H and O–H groups in total. The van der Waals surface area contributed by atoms with E-state index in [-0.39, 0.29) is 0 Å². The lowest BCUT2D eigenvalue weighted by Crippen LogP contribution is -2.17. The first-order valence-electron chi connectivity index (χ1n) is 7.34. The van der Waals surface area contributed by atoms with Gasteiger partial charge in [-0.05, 0) is 36.6 Å². The summed E-state index contributed by atoms with van der Waals surface area (Å²) in [6.45, 7) is 8.42. The minimum Gasteiger partial charge on any atom is -0.421 e. The Kier molecular flexibility index (Phi) is 5.30. The number of nitrogens with zero attached hydrogens (tertiary/aromatic N) is 2. The molecule has 0 aliphatic carbocycles. The van der Waals surface area contributed by atoms with Crippen LogP contribution in [0.25, 0.3) is 11.5 Å². The zero-order chi connectivity index (χ0) is 14.4. The fourth-order valence-corrected chi connectivity index (χ4v) is 1.98. The summed E-state index contributed by atoms with van der Waals surface area (Å²) < 4.78 is 5.69. The standard InChI is InChI=1S/C16H23N3O/c1-4-10-17-11-9-15-18-19-16(20-15)14-7-5-13(6-8-14)12(2)3/h5-8,12,17H,4,9-11H2,1-3H3. The van der Waals surface area contributed by atoms with Gasteiger partial charge >= 0.3 is 0 Å². The van der Waals surface area contributed by atoms with Crippen LogP contribution in [0, 0.1) is 0 Å². The second kappa shape index (κ2) is 7.20. The second-order valence-electron chi connectivity index (χ2n) is 5.28. The van der Waals surface area contributed by atoms with Gasteiger partial charge in [0, 0.05) is 18.5 Å². The Balaban J connectivity index is 1.97. The van der Waals surface area contributed by atoms with E-state index < -0.39 is 0 Å². The highest BCUT2D eigenvalue weighted by Gasteiger charge is 2.08. The maximum absolute atomic E-state index is 5.69.